The van der Waals surface area contributed by atoms with E-state index in [0.717, 1.165) is 25.8 Å². The second-order valence-corrected chi connectivity index (χ2v) is 10.8. The summed E-state index contributed by atoms with van der Waals surface area (Å²) >= 11 is 6.74. The lowest BCUT2D eigenvalue weighted by atomic mass is 10.1. The fraction of sp³-hybridized carbons (Fsp3) is 0.0870. The van der Waals surface area contributed by atoms with Crippen molar-refractivity contribution in [1.29, 1.82) is 0 Å². The molecule has 0 unspecified atom stereocenters. The molecular weight excluding hydrogens is 544 g/mol. The van der Waals surface area contributed by atoms with E-state index in [2.05, 4.69) is 42.2 Å². The van der Waals surface area contributed by atoms with Crippen LogP contribution in [-0.2, 0) is 9.84 Å². The first-order chi connectivity index (χ1) is 14.7. The maximum atomic E-state index is 13.4. The van der Waals surface area contributed by atoms with Crippen molar-refractivity contribution in [2.24, 2.45) is 0 Å². The van der Waals surface area contributed by atoms with Crippen LogP contribution in [0.15, 0.2) is 90.0 Å². The van der Waals surface area contributed by atoms with Gasteiger partial charge in [-0.25, -0.2) is 8.42 Å². The quantitative estimate of drug-likeness (QED) is 0.282. The molecule has 1 heterocycles. The van der Waals surface area contributed by atoms with Crippen LogP contribution < -0.4 is 5.32 Å². The van der Waals surface area contributed by atoms with Crippen molar-refractivity contribution in [3.05, 3.63) is 86.8 Å². The molecular formula is C23H18Br2N2O3S. The topological polar surface area (TPSA) is 72.2 Å². The van der Waals surface area contributed by atoms with Gasteiger partial charge in [0.05, 0.1) is 4.90 Å². The second-order valence-electron chi connectivity index (χ2n) is 7.12. The molecule has 0 radical (unpaired) electrons. The maximum Gasteiger partial charge on any atom is 0.238 e. The highest BCUT2D eigenvalue weighted by atomic mass is 79.9. The smallest absolute Gasteiger partial charge is 0.238 e. The molecule has 158 valence electrons. The Morgan fingerprint density at radius 2 is 1.39 bits per heavy atom. The molecule has 0 spiro atoms. The number of hydrogen-bond donors (Lipinski definition) is 1. The molecule has 0 aliphatic heterocycles. The van der Waals surface area contributed by atoms with Crippen LogP contribution in [0.5, 0.6) is 0 Å². The summed E-state index contributed by atoms with van der Waals surface area (Å²) in [5.41, 5.74) is 3.49. The summed E-state index contributed by atoms with van der Waals surface area (Å²) in [6.45, 7) is 3.95. The Bertz CT molecular complexity index is 1330. The number of nitrogens with one attached hydrogen (secondary N) is 1. The highest BCUT2D eigenvalue weighted by Crippen LogP contribution is 2.35. The first-order valence-electron chi connectivity index (χ1n) is 9.35. The fourth-order valence-corrected chi connectivity index (χ4v) is 4.97. The minimum absolute atomic E-state index is 0.0748. The largest absolute Gasteiger partial charge is 0.419 e. The number of hydrogen-bond acceptors (Lipinski definition) is 5. The van der Waals surface area contributed by atoms with Crippen molar-refractivity contribution in [3.63, 3.8) is 0 Å². The first kappa shape index (κ1) is 21.8. The average Bonchev–Trinajstić information content (AvgIpc) is 3.12. The van der Waals surface area contributed by atoms with Gasteiger partial charge in [0, 0.05) is 20.2 Å². The minimum atomic E-state index is -3.92. The number of halogens is 2. The van der Waals surface area contributed by atoms with Gasteiger partial charge in [0.25, 0.3) is 0 Å². The van der Waals surface area contributed by atoms with E-state index in [-0.39, 0.29) is 21.7 Å². The molecule has 4 rings (SSSR count). The van der Waals surface area contributed by atoms with Crippen LogP contribution in [0.3, 0.4) is 0 Å². The van der Waals surface area contributed by atoms with Gasteiger partial charge in [-0.3, -0.25) is 0 Å². The van der Waals surface area contributed by atoms with E-state index >= 15 is 0 Å². The van der Waals surface area contributed by atoms with Gasteiger partial charge in [0.2, 0.25) is 26.6 Å². The Hall–Kier alpha value is -2.42. The Kier molecular flexibility index (Phi) is 6.05. The number of sulfone groups is 1. The SMILES string of the molecule is Cc1cc(C)cc(Nc2oc(-c3ccc(Br)cc3)nc2S(=O)(=O)c2ccc(Br)cc2)c1. The lowest BCUT2D eigenvalue weighted by Crippen LogP contribution is -2.05. The number of anilines is 2. The van der Waals surface area contributed by atoms with Crippen LogP contribution in [0.1, 0.15) is 11.1 Å². The van der Waals surface area contributed by atoms with Crippen LogP contribution in [0, 0.1) is 13.8 Å². The lowest BCUT2D eigenvalue weighted by Gasteiger charge is -2.08. The number of rotatable bonds is 5. The van der Waals surface area contributed by atoms with Gasteiger partial charge in [-0.2, -0.15) is 4.98 Å². The van der Waals surface area contributed by atoms with Gasteiger partial charge >= 0.3 is 0 Å². The molecule has 4 aromatic rings. The van der Waals surface area contributed by atoms with Gasteiger partial charge in [0.1, 0.15) is 0 Å². The standard InChI is InChI=1S/C23H18Br2N2O3S/c1-14-11-15(2)13-19(12-14)26-22-23(31(28,29)20-9-7-18(25)8-10-20)27-21(30-22)16-3-5-17(24)6-4-16/h3-13,26H,1-2H3. The second kappa shape index (κ2) is 8.61. The molecule has 0 saturated carbocycles. The van der Waals surface area contributed by atoms with Gasteiger partial charge in [-0.1, -0.05) is 37.9 Å². The summed E-state index contributed by atoms with van der Waals surface area (Å²) in [5.74, 6) is 0.292. The molecule has 0 fully saturated rings. The molecule has 0 bridgehead atoms. The summed E-state index contributed by atoms with van der Waals surface area (Å²) in [5, 5.41) is 2.96. The predicted molar refractivity (Wildman–Crippen MR) is 128 cm³/mol. The van der Waals surface area contributed by atoms with Gasteiger partial charge in [-0.05, 0) is 85.6 Å². The Morgan fingerprint density at radius 3 is 1.97 bits per heavy atom. The summed E-state index contributed by atoms with van der Waals surface area (Å²) in [4.78, 5) is 4.51. The van der Waals surface area contributed by atoms with Crippen LogP contribution in [0.4, 0.5) is 11.6 Å². The summed E-state index contributed by atoms with van der Waals surface area (Å²) in [6.07, 6.45) is 0. The van der Waals surface area contributed by atoms with Crippen molar-refractivity contribution < 1.29 is 12.8 Å². The molecule has 3 aromatic carbocycles. The summed E-state index contributed by atoms with van der Waals surface area (Å²) in [6, 6.07) is 19.6. The third kappa shape index (κ3) is 4.76. The van der Waals surface area contributed by atoms with Crippen LogP contribution in [0.2, 0.25) is 0 Å². The van der Waals surface area contributed by atoms with E-state index < -0.39 is 9.84 Å². The lowest BCUT2D eigenvalue weighted by molar-refractivity contribution is 0.582. The summed E-state index contributed by atoms with van der Waals surface area (Å²) < 4.78 is 34.4. The average molecular weight is 562 g/mol. The van der Waals surface area contributed by atoms with Crippen molar-refractivity contribution in [2.75, 3.05) is 5.32 Å². The Balaban J connectivity index is 1.85. The Labute approximate surface area is 197 Å². The zero-order valence-corrected chi connectivity index (χ0v) is 20.7. The van der Waals surface area contributed by atoms with Crippen LogP contribution in [0.25, 0.3) is 11.5 Å². The number of nitrogens with zero attached hydrogens (tertiary/aromatic N) is 1. The molecule has 1 aromatic heterocycles. The highest BCUT2D eigenvalue weighted by molar-refractivity contribution is 9.10. The third-order valence-electron chi connectivity index (χ3n) is 4.55. The molecule has 0 aliphatic carbocycles. The van der Waals surface area contributed by atoms with Crippen molar-refractivity contribution in [2.45, 2.75) is 23.8 Å². The Morgan fingerprint density at radius 1 is 0.839 bits per heavy atom. The van der Waals surface area contributed by atoms with E-state index in [1.807, 2.05) is 56.3 Å². The highest BCUT2D eigenvalue weighted by Gasteiger charge is 2.29. The number of benzene rings is 3. The zero-order valence-electron chi connectivity index (χ0n) is 16.7. The van der Waals surface area contributed by atoms with E-state index in [1.54, 1.807) is 12.1 Å². The van der Waals surface area contributed by atoms with Crippen LogP contribution >= 0.6 is 31.9 Å². The minimum Gasteiger partial charge on any atom is -0.419 e. The summed E-state index contributed by atoms with van der Waals surface area (Å²) in [7, 11) is -3.92. The molecule has 5 nitrogen and oxygen atoms in total. The van der Waals surface area contributed by atoms with Crippen molar-refractivity contribution in [3.8, 4) is 11.5 Å². The van der Waals surface area contributed by atoms with E-state index in [0.29, 0.717) is 5.56 Å². The predicted octanol–water partition coefficient (Wildman–Crippen LogP) is 7.06. The molecule has 0 atom stereocenters. The monoisotopic (exact) mass is 560 g/mol. The van der Waals surface area contributed by atoms with Gasteiger partial charge < -0.3 is 9.73 Å². The number of oxazole rings is 1. The number of aryl methyl sites for hydroxylation is 2. The zero-order chi connectivity index (χ0) is 22.2. The fourth-order valence-electron chi connectivity index (χ4n) is 3.19. The van der Waals surface area contributed by atoms with E-state index in [9.17, 15) is 8.42 Å². The molecule has 1 N–H and O–H groups in total. The third-order valence-corrected chi connectivity index (χ3v) is 7.28. The van der Waals surface area contributed by atoms with E-state index in [4.69, 9.17) is 4.42 Å². The normalized spacial score (nSPS) is 11.5. The molecule has 0 aliphatic rings. The van der Waals surface area contributed by atoms with Gasteiger partial charge in [-0.15, -0.1) is 0 Å². The first-order valence-corrected chi connectivity index (χ1v) is 12.4. The van der Waals surface area contributed by atoms with Crippen molar-refractivity contribution in [1.82, 2.24) is 4.98 Å². The van der Waals surface area contributed by atoms with Gasteiger partial charge in [0.15, 0.2) is 0 Å². The van der Waals surface area contributed by atoms with Crippen molar-refractivity contribution >= 4 is 53.3 Å². The maximum absolute atomic E-state index is 13.4. The molecule has 8 heteroatoms. The van der Waals surface area contributed by atoms with Crippen LogP contribution in [-0.4, -0.2) is 13.4 Å². The molecule has 0 amide bonds. The number of aromatic nitrogens is 1. The van der Waals surface area contributed by atoms with E-state index in [1.165, 1.54) is 12.1 Å². The molecule has 31 heavy (non-hydrogen) atoms. The molecule has 0 saturated heterocycles.